The van der Waals surface area contributed by atoms with Crippen LogP contribution >= 0.6 is 11.8 Å². The lowest BCUT2D eigenvalue weighted by atomic mass is 10.1. The van der Waals surface area contributed by atoms with E-state index in [9.17, 15) is 14.4 Å². The summed E-state index contributed by atoms with van der Waals surface area (Å²) < 4.78 is 0. The molecule has 0 aliphatic heterocycles. The van der Waals surface area contributed by atoms with E-state index < -0.39 is 5.97 Å². The summed E-state index contributed by atoms with van der Waals surface area (Å²) in [4.78, 5) is 33.5. The van der Waals surface area contributed by atoms with Crippen LogP contribution in [0.3, 0.4) is 0 Å². The molecule has 0 unspecified atom stereocenters. The van der Waals surface area contributed by atoms with Gasteiger partial charge in [0.2, 0.25) is 11.8 Å². The lowest BCUT2D eigenvalue weighted by molar-refractivity contribution is -0.137. The molecule has 126 valence electrons. The highest BCUT2D eigenvalue weighted by atomic mass is 32.2. The Kier molecular flexibility index (Phi) is 8.18. The van der Waals surface area contributed by atoms with Gasteiger partial charge in [0.05, 0.1) is 12.2 Å². The number of thioether (sulfide) groups is 1. The minimum Gasteiger partial charge on any atom is -0.481 e. The van der Waals surface area contributed by atoms with Crippen molar-refractivity contribution in [3.8, 4) is 0 Å². The zero-order valence-electron chi connectivity index (χ0n) is 13.3. The SMILES string of the molecule is Cc1ccc(NC(=O)CSCCC(=O)NCCC(=O)O)cc1C. The van der Waals surface area contributed by atoms with Gasteiger partial charge in [0.15, 0.2) is 0 Å². The van der Waals surface area contributed by atoms with Crippen molar-refractivity contribution in [3.63, 3.8) is 0 Å². The van der Waals surface area contributed by atoms with Crippen LogP contribution in [0.15, 0.2) is 18.2 Å². The van der Waals surface area contributed by atoms with Crippen LogP contribution in [0.4, 0.5) is 5.69 Å². The van der Waals surface area contributed by atoms with Gasteiger partial charge >= 0.3 is 5.97 Å². The van der Waals surface area contributed by atoms with Gasteiger partial charge < -0.3 is 15.7 Å². The van der Waals surface area contributed by atoms with Gasteiger partial charge in [0.25, 0.3) is 0 Å². The first kappa shape index (κ1) is 19.0. The minimum absolute atomic E-state index is 0.0861. The molecule has 6 nitrogen and oxygen atoms in total. The molecule has 0 aromatic heterocycles. The summed E-state index contributed by atoms with van der Waals surface area (Å²) >= 11 is 1.37. The number of rotatable bonds is 9. The number of carbonyl (C=O) groups excluding carboxylic acids is 2. The van der Waals surface area contributed by atoms with Crippen molar-refractivity contribution >= 4 is 35.2 Å². The Hall–Kier alpha value is -2.02. The molecule has 0 aliphatic rings. The highest BCUT2D eigenvalue weighted by Crippen LogP contribution is 2.14. The van der Waals surface area contributed by atoms with E-state index in [-0.39, 0.29) is 37.0 Å². The van der Waals surface area contributed by atoms with Gasteiger partial charge in [-0.3, -0.25) is 14.4 Å². The third kappa shape index (κ3) is 8.25. The first-order valence-corrected chi connectivity index (χ1v) is 8.47. The van der Waals surface area contributed by atoms with Crippen LogP contribution in [0.5, 0.6) is 0 Å². The first-order valence-electron chi connectivity index (χ1n) is 7.32. The van der Waals surface area contributed by atoms with Crippen molar-refractivity contribution in [2.24, 2.45) is 0 Å². The summed E-state index contributed by atoms with van der Waals surface area (Å²) in [5.74, 6) is -0.463. The molecule has 0 saturated carbocycles. The number of aliphatic carboxylic acids is 1. The van der Waals surface area contributed by atoms with Gasteiger partial charge in [0.1, 0.15) is 0 Å². The Labute approximate surface area is 140 Å². The molecule has 2 amide bonds. The van der Waals surface area contributed by atoms with E-state index >= 15 is 0 Å². The molecule has 7 heteroatoms. The summed E-state index contributed by atoms with van der Waals surface area (Å²) in [6.07, 6.45) is 0.179. The number of hydrogen-bond donors (Lipinski definition) is 3. The van der Waals surface area contributed by atoms with Crippen LogP contribution in [0.2, 0.25) is 0 Å². The maximum Gasteiger partial charge on any atom is 0.305 e. The molecule has 23 heavy (non-hydrogen) atoms. The number of carboxylic acid groups (broad SMARTS) is 1. The molecule has 0 atom stereocenters. The monoisotopic (exact) mass is 338 g/mol. The van der Waals surface area contributed by atoms with Crippen molar-refractivity contribution in [2.75, 3.05) is 23.4 Å². The molecular weight excluding hydrogens is 316 g/mol. The van der Waals surface area contributed by atoms with Gasteiger partial charge in [-0.1, -0.05) is 6.07 Å². The molecular formula is C16H22N2O4S. The van der Waals surface area contributed by atoms with Crippen molar-refractivity contribution in [3.05, 3.63) is 29.3 Å². The van der Waals surface area contributed by atoms with Gasteiger partial charge in [-0.25, -0.2) is 0 Å². The second-order valence-electron chi connectivity index (χ2n) is 5.14. The van der Waals surface area contributed by atoms with E-state index in [0.29, 0.717) is 5.75 Å². The smallest absolute Gasteiger partial charge is 0.305 e. The average Bonchev–Trinajstić information content (AvgIpc) is 2.47. The number of benzene rings is 1. The molecule has 0 fully saturated rings. The van der Waals surface area contributed by atoms with Gasteiger partial charge in [-0.05, 0) is 37.1 Å². The number of hydrogen-bond acceptors (Lipinski definition) is 4. The Balaban J connectivity index is 2.17. The highest BCUT2D eigenvalue weighted by molar-refractivity contribution is 7.99. The summed E-state index contributed by atoms with van der Waals surface area (Å²) in [6, 6.07) is 5.74. The van der Waals surface area contributed by atoms with Gasteiger partial charge in [-0.2, -0.15) is 11.8 Å². The Morgan fingerprint density at radius 3 is 2.48 bits per heavy atom. The first-order chi connectivity index (χ1) is 10.9. The molecule has 0 aliphatic carbocycles. The van der Waals surface area contributed by atoms with Crippen LogP contribution in [-0.2, 0) is 14.4 Å². The zero-order chi connectivity index (χ0) is 17.2. The molecule has 3 N–H and O–H groups in total. The topological polar surface area (TPSA) is 95.5 Å². The van der Waals surface area contributed by atoms with Gasteiger partial charge in [-0.15, -0.1) is 0 Å². The van der Waals surface area contributed by atoms with Crippen LogP contribution in [0, 0.1) is 13.8 Å². The summed E-state index contributed by atoms with van der Waals surface area (Å²) in [5, 5.41) is 13.8. The Morgan fingerprint density at radius 2 is 1.83 bits per heavy atom. The summed E-state index contributed by atoms with van der Waals surface area (Å²) in [7, 11) is 0. The number of carboxylic acids is 1. The average molecular weight is 338 g/mol. The number of amides is 2. The van der Waals surface area contributed by atoms with Crippen LogP contribution in [0.1, 0.15) is 24.0 Å². The molecule has 0 radical (unpaired) electrons. The second-order valence-corrected chi connectivity index (χ2v) is 6.25. The fraction of sp³-hybridized carbons (Fsp3) is 0.438. The van der Waals surface area contributed by atoms with E-state index in [0.717, 1.165) is 11.3 Å². The summed E-state index contributed by atoms with van der Waals surface area (Å²) in [6.45, 7) is 4.13. The van der Waals surface area contributed by atoms with Crippen molar-refractivity contribution < 1.29 is 19.5 Å². The van der Waals surface area contributed by atoms with E-state index in [1.807, 2.05) is 32.0 Å². The van der Waals surface area contributed by atoms with Crippen LogP contribution in [0.25, 0.3) is 0 Å². The van der Waals surface area contributed by atoms with E-state index in [4.69, 9.17) is 5.11 Å². The van der Waals surface area contributed by atoms with E-state index in [2.05, 4.69) is 10.6 Å². The van der Waals surface area contributed by atoms with Crippen molar-refractivity contribution in [1.29, 1.82) is 0 Å². The Morgan fingerprint density at radius 1 is 1.09 bits per heavy atom. The molecule has 1 aromatic carbocycles. The maximum absolute atomic E-state index is 11.8. The summed E-state index contributed by atoms with van der Waals surface area (Å²) in [5.41, 5.74) is 3.06. The molecule has 0 bridgehead atoms. The highest BCUT2D eigenvalue weighted by Gasteiger charge is 2.06. The predicted molar refractivity (Wildman–Crippen MR) is 91.8 cm³/mol. The normalized spacial score (nSPS) is 10.2. The Bertz CT molecular complexity index is 575. The quantitative estimate of drug-likeness (QED) is 0.598. The van der Waals surface area contributed by atoms with Crippen LogP contribution in [-0.4, -0.2) is 40.9 Å². The second kappa shape index (κ2) is 9.89. The minimum atomic E-state index is -0.942. The number of aryl methyl sites for hydroxylation is 2. The zero-order valence-corrected chi connectivity index (χ0v) is 14.2. The largest absolute Gasteiger partial charge is 0.481 e. The van der Waals surface area contributed by atoms with Crippen LogP contribution < -0.4 is 10.6 Å². The standard InChI is InChI=1S/C16H22N2O4S/c1-11-3-4-13(9-12(11)2)18-15(20)10-23-8-6-14(19)17-7-5-16(21)22/h3-4,9H,5-8,10H2,1-2H3,(H,17,19)(H,18,20)(H,21,22). The molecule has 0 spiro atoms. The third-order valence-corrected chi connectivity index (χ3v) is 4.12. The van der Waals surface area contributed by atoms with Crippen molar-refractivity contribution in [1.82, 2.24) is 5.32 Å². The molecule has 1 rings (SSSR count). The molecule has 0 saturated heterocycles. The lowest BCUT2D eigenvalue weighted by Crippen LogP contribution is -2.26. The number of carbonyl (C=O) groups is 3. The fourth-order valence-electron chi connectivity index (χ4n) is 1.74. The van der Waals surface area contributed by atoms with E-state index in [1.54, 1.807) is 0 Å². The number of anilines is 1. The van der Waals surface area contributed by atoms with Crippen molar-refractivity contribution in [2.45, 2.75) is 26.7 Å². The fourth-order valence-corrected chi connectivity index (χ4v) is 2.47. The van der Waals surface area contributed by atoms with Gasteiger partial charge in [0, 0.05) is 24.4 Å². The lowest BCUT2D eigenvalue weighted by Gasteiger charge is -2.07. The maximum atomic E-state index is 11.8. The van der Waals surface area contributed by atoms with E-state index in [1.165, 1.54) is 17.3 Å². The molecule has 0 heterocycles. The molecule has 1 aromatic rings. The third-order valence-electron chi connectivity index (χ3n) is 3.16. The predicted octanol–water partition coefficient (Wildman–Crippen LogP) is 1.96. The number of nitrogens with one attached hydrogen (secondary N) is 2.